The average Bonchev–Trinajstić information content (AvgIpc) is 2.40. The molecule has 0 spiro atoms. The Balaban J connectivity index is 2.53. The van der Waals surface area contributed by atoms with Gasteiger partial charge in [-0.3, -0.25) is 5.84 Å². The summed E-state index contributed by atoms with van der Waals surface area (Å²) in [5.41, 5.74) is 2.00. The summed E-state index contributed by atoms with van der Waals surface area (Å²) >= 11 is 0. The van der Waals surface area contributed by atoms with Crippen LogP contribution in [0.4, 0.5) is 8.78 Å². The maximum atomic E-state index is 12.1. The minimum absolute atomic E-state index is 0.252. The number of halogens is 2. The zero-order valence-corrected chi connectivity index (χ0v) is 5.89. The monoisotopic (exact) mass is 164 g/mol. The first kappa shape index (κ1) is 8.42. The van der Waals surface area contributed by atoms with E-state index in [1.54, 1.807) is 6.08 Å². The Morgan fingerprint density at radius 1 is 1.64 bits per heavy atom. The molecular formula is C6H10F2N2O. The van der Waals surface area contributed by atoms with Gasteiger partial charge in [-0.2, -0.15) is 0 Å². The summed E-state index contributed by atoms with van der Waals surface area (Å²) < 4.78 is 29.1. The zero-order valence-electron chi connectivity index (χ0n) is 5.89. The molecule has 3 N–H and O–H groups in total. The quantitative estimate of drug-likeness (QED) is 0.468. The lowest BCUT2D eigenvalue weighted by atomic mass is 10.2. The number of ether oxygens (including phenoxy) is 1. The van der Waals surface area contributed by atoms with E-state index in [0.717, 1.165) is 0 Å². The molecule has 0 radical (unpaired) electrons. The third-order valence-corrected chi connectivity index (χ3v) is 1.47. The van der Waals surface area contributed by atoms with Crippen molar-refractivity contribution in [3.63, 3.8) is 0 Å². The minimum atomic E-state index is -2.52. The molecular weight excluding hydrogens is 154 g/mol. The highest BCUT2D eigenvalue weighted by atomic mass is 19.3. The summed E-state index contributed by atoms with van der Waals surface area (Å²) in [6.07, 6.45) is -0.221. The molecule has 1 unspecified atom stereocenters. The van der Waals surface area contributed by atoms with Crippen molar-refractivity contribution in [2.24, 2.45) is 5.84 Å². The summed E-state index contributed by atoms with van der Waals surface area (Å²) in [7, 11) is 0. The van der Waals surface area contributed by atoms with Gasteiger partial charge in [-0.05, 0) is 6.08 Å². The molecule has 0 aliphatic carbocycles. The molecule has 1 rings (SSSR count). The second-order valence-electron chi connectivity index (χ2n) is 2.22. The molecule has 11 heavy (non-hydrogen) atoms. The van der Waals surface area contributed by atoms with Crippen LogP contribution in [0.1, 0.15) is 6.42 Å². The van der Waals surface area contributed by atoms with Crippen LogP contribution in [0.3, 0.4) is 0 Å². The lowest BCUT2D eigenvalue weighted by Gasteiger charge is -2.15. The molecule has 1 heterocycles. The number of rotatable bonds is 3. The smallest absolute Gasteiger partial charge is 0.262 e. The molecule has 0 amide bonds. The van der Waals surface area contributed by atoms with Gasteiger partial charge in [-0.1, -0.05) is 0 Å². The van der Waals surface area contributed by atoms with E-state index < -0.39 is 12.5 Å². The van der Waals surface area contributed by atoms with Crippen molar-refractivity contribution in [1.82, 2.24) is 5.43 Å². The van der Waals surface area contributed by atoms with Crippen molar-refractivity contribution in [2.45, 2.75) is 18.9 Å². The molecule has 1 aliphatic rings. The topological polar surface area (TPSA) is 47.3 Å². The summed E-state index contributed by atoms with van der Waals surface area (Å²) in [5.74, 6) is 5.16. The molecule has 0 saturated carbocycles. The number of hydrazine groups is 1. The maximum absolute atomic E-state index is 12.1. The van der Waals surface area contributed by atoms with Gasteiger partial charge in [-0.15, -0.1) is 0 Å². The summed E-state index contributed by atoms with van der Waals surface area (Å²) in [4.78, 5) is 0. The molecule has 0 aromatic carbocycles. The zero-order chi connectivity index (χ0) is 8.27. The largest absolute Gasteiger partial charge is 0.496 e. The molecule has 5 heteroatoms. The Hall–Kier alpha value is -0.680. The molecule has 3 nitrogen and oxygen atoms in total. The Labute approximate surface area is 63.2 Å². The lowest BCUT2D eigenvalue weighted by molar-refractivity contribution is 0.0812. The van der Waals surface area contributed by atoms with Crippen molar-refractivity contribution in [2.75, 3.05) is 6.61 Å². The Morgan fingerprint density at radius 3 is 2.73 bits per heavy atom. The van der Waals surface area contributed by atoms with E-state index in [4.69, 9.17) is 10.6 Å². The molecule has 1 atom stereocenters. The summed E-state index contributed by atoms with van der Waals surface area (Å²) in [6.45, 7) is 0.472. The van der Waals surface area contributed by atoms with Crippen molar-refractivity contribution >= 4 is 0 Å². The predicted octanol–water partition coefficient (Wildman–Crippen LogP) is 0.388. The van der Waals surface area contributed by atoms with Crippen LogP contribution in [0, 0.1) is 0 Å². The molecule has 64 valence electrons. The van der Waals surface area contributed by atoms with E-state index in [1.807, 2.05) is 5.43 Å². The molecule has 0 bridgehead atoms. The summed E-state index contributed by atoms with van der Waals surface area (Å²) in [6, 6.07) is -1.16. The standard InChI is InChI=1S/C6H10F2N2O/c7-6(8)5(10-9)4-2-1-3-11-4/h2,5-6,10H,1,3,9H2. The molecule has 1 aliphatic heterocycles. The van der Waals surface area contributed by atoms with Crippen LogP contribution in [0.5, 0.6) is 0 Å². The van der Waals surface area contributed by atoms with Gasteiger partial charge in [0, 0.05) is 6.42 Å². The molecule has 0 aromatic heterocycles. The van der Waals surface area contributed by atoms with Crippen LogP contribution in [0.2, 0.25) is 0 Å². The van der Waals surface area contributed by atoms with Gasteiger partial charge < -0.3 is 4.74 Å². The highest BCUT2D eigenvalue weighted by molar-refractivity contribution is 5.07. The fourth-order valence-corrected chi connectivity index (χ4v) is 0.933. The lowest BCUT2D eigenvalue weighted by Crippen LogP contribution is -2.42. The number of alkyl halides is 2. The Bertz CT molecular complexity index is 161. The van der Waals surface area contributed by atoms with E-state index in [2.05, 4.69) is 0 Å². The van der Waals surface area contributed by atoms with E-state index in [0.29, 0.717) is 13.0 Å². The predicted molar refractivity (Wildman–Crippen MR) is 35.8 cm³/mol. The van der Waals surface area contributed by atoms with Crippen molar-refractivity contribution < 1.29 is 13.5 Å². The van der Waals surface area contributed by atoms with Gasteiger partial charge in [0.05, 0.1) is 6.61 Å². The third kappa shape index (κ3) is 1.87. The Morgan fingerprint density at radius 2 is 2.36 bits per heavy atom. The van der Waals surface area contributed by atoms with E-state index in [-0.39, 0.29) is 5.76 Å². The minimum Gasteiger partial charge on any atom is -0.496 e. The van der Waals surface area contributed by atoms with Gasteiger partial charge in [0.15, 0.2) is 0 Å². The molecule has 0 saturated heterocycles. The van der Waals surface area contributed by atoms with Gasteiger partial charge in [0.1, 0.15) is 11.8 Å². The number of hydrogen-bond acceptors (Lipinski definition) is 3. The number of nitrogens with one attached hydrogen (secondary N) is 1. The first-order valence-electron chi connectivity index (χ1n) is 3.33. The molecule has 0 aromatic rings. The van der Waals surface area contributed by atoms with Crippen LogP contribution < -0.4 is 11.3 Å². The van der Waals surface area contributed by atoms with Gasteiger partial charge >= 0.3 is 0 Å². The van der Waals surface area contributed by atoms with E-state index in [9.17, 15) is 8.78 Å². The van der Waals surface area contributed by atoms with Crippen LogP contribution in [-0.4, -0.2) is 19.1 Å². The fraction of sp³-hybridized carbons (Fsp3) is 0.667. The third-order valence-electron chi connectivity index (χ3n) is 1.47. The first-order chi connectivity index (χ1) is 5.25. The summed E-state index contributed by atoms with van der Waals surface area (Å²) in [5, 5.41) is 0. The maximum Gasteiger partial charge on any atom is 0.262 e. The number of nitrogens with two attached hydrogens (primary N) is 1. The van der Waals surface area contributed by atoms with Gasteiger partial charge in [-0.25, -0.2) is 14.2 Å². The Kier molecular flexibility index (Phi) is 2.78. The second-order valence-corrected chi connectivity index (χ2v) is 2.22. The normalized spacial score (nSPS) is 19.8. The van der Waals surface area contributed by atoms with Gasteiger partial charge in [0.25, 0.3) is 6.43 Å². The molecule has 0 fully saturated rings. The number of hydrogen-bond donors (Lipinski definition) is 2. The van der Waals surface area contributed by atoms with E-state index in [1.165, 1.54) is 0 Å². The van der Waals surface area contributed by atoms with Crippen LogP contribution in [-0.2, 0) is 4.74 Å². The first-order valence-corrected chi connectivity index (χ1v) is 3.33. The van der Waals surface area contributed by atoms with Crippen molar-refractivity contribution in [3.8, 4) is 0 Å². The highest BCUT2D eigenvalue weighted by Gasteiger charge is 2.26. The van der Waals surface area contributed by atoms with Gasteiger partial charge in [0.2, 0.25) is 0 Å². The van der Waals surface area contributed by atoms with E-state index >= 15 is 0 Å². The second kappa shape index (κ2) is 3.64. The highest BCUT2D eigenvalue weighted by Crippen LogP contribution is 2.17. The van der Waals surface area contributed by atoms with Crippen LogP contribution >= 0.6 is 0 Å². The SMILES string of the molecule is NNC(C1=CCCO1)C(F)F. The van der Waals surface area contributed by atoms with Crippen LogP contribution in [0.15, 0.2) is 11.8 Å². The average molecular weight is 164 g/mol. The van der Waals surface area contributed by atoms with Crippen molar-refractivity contribution in [3.05, 3.63) is 11.8 Å². The van der Waals surface area contributed by atoms with Crippen LogP contribution in [0.25, 0.3) is 0 Å². The van der Waals surface area contributed by atoms with Crippen molar-refractivity contribution in [1.29, 1.82) is 0 Å². The fourth-order valence-electron chi connectivity index (χ4n) is 0.933.